The van der Waals surface area contributed by atoms with Crippen molar-refractivity contribution >= 4 is 62.6 Å². The molecule has 5 heterocycles. The average Bonchev–Trinajstić information content (AvgIpc) is 1.64. The molecule has 0 saturated carbocycles. The van der Waals surface area contributed by atoms with Gasteiger partial charge in [-0.3, -0.25) is 23.4 Å². The number of sulfone groups is 3. The Bertz CT molecular complexity index is 5200. The molecule has 11 aromatic rings. The maximum absolute atomic E-state index is 14.5. The summed E-state index contributed by atoms with van der Waals surface area (Å²) < 4.78 is 128. The first-order valence-corrected chi connectivity index (χ1v) is 37.0. The minimum Gasteiger partial charge on any atom is -0.493 e. The minimum absolute atomic E-state index is 0.0873. The molecule has 0 amide bonds. The number of rotatable bonds is 24. The van der Waals surface area contributed by atoms with Crippen LogP contribution in [0.5, 0.6) is 34.5 Å². The zero-order valence-electron chi connectivity index (χ0n) is 55.7. The van der Waals surface area contributed by atoms with Crippen LogP contribution in [-0.2, 0) is 36.6 Å². The molecule has 3 atom stereocenters. The molecular weight excluding hydrogens is 1310 g/mol. The number of aromatic amines is 3. The van der Waals surface area contributed by atoms with E-state index in [9.17, 15) is 44.0 Å². The van der Waals surface area contributed by atoms with Crippen LogP contribution in [0.1, 0.15) is 80.9 Å². The van der Waals surface area contributed by atoms with E-state index in [1.807, 2.05) is 64.3 Å². The second kappa shape index (κ2) is 30.0. The fraction of sp³-hybridized carbons (Fsp3) is 0.319. The summed E-state index contributed by atoms with van der Waals surface area (Å²) >= 11 is 0. The summed E-state index contributed by atoms with van der Waals surface area (Å²) in [4.78, 5) is 52.1. The van der Waals surface area contributed by atoms with Gasteiger partial charge in [-0.05, 0) is 116 Å². The summed E-state index contributed by atoms with van der Waals surface area (Å²) in [5.41, 5.74) is 7.11. The van der Waals surface area contributed by atoms with Crippen molar-refractivity contribution in [2.45, 2.75) is 58.7 Å². The lowest BCUT2D eigenvalue weighted by atomic mass is 10.0. The topological polar surface area (TPSA) is 302 Å². The molecule has 514 valence electrons. The van der Waals surface area contributed by atoms with Crippen LogP contribution in [0.3, 0.4) is 0 Å². The summed E-state index contributed by atoms with van der Waals surface area (Å²) in [5.74, 6) is 1.86. The summed E-state index contributed by atoms with van der Waals surface area (Å²) in [7, 11) is -3.94. The van der Waals surface area contributed by atoms with Gasteiger partial charge >= 0.3 is 17.1 Å². The monoisotopic (exact) mass is 1390 g/mol. The van der Waals surface area contributed by atoms with Crippen LogP contribution in [0.15, 0.2) is 154 Å². The van der Waals surface area contributed by atoms with Gasteiger partial charge in [-0.2, -0.15) is 5.10 Å². The van der Waals surface area contributed by atoms with E-state index >= 15 is 0 Å². The zero-order chi connectivity index (χ0) is 70.3. The number of nitrogens with one attached hydrogen (secondary N) is 3. The van der Waals surface area contributed by atoms with Gasteiger partial charge in [0, 0.05) is 54.9 Å². The molecule has 3 N–H and O–H groups in total. The average molecular weight is 1390 g/mol. The number of ether oxygens (including phenoxy) is 6. The van der Waals surface area contributed by atoms with Crippen molar-refractivity contribution in [3.8, 4) is 56.9 Å². The lowest BCUT2D eigenvalue weighted by Crippen LogP contribution is -2.28. The van der Waals surface area contributed by atoms with Crippen molar-refractivity contribution in [2.75, 3.05) is 77.2 Å². The number of hydrogen-bond donors (Lipinski definition) is 3. The molecule has 28 heteroatoms. The highest BCUT2D eigenvalue weighted by Crippen LogP contribution is 2.38. The first-order valence-electron chi connectivity index (χ1n) is 30.9. The smallest absolute Gasteiger partial charge is 0.327 e. The predicted molar refractivity (Wildman–Crippen MR) is 373 cm³/mol. The fourth-order valence-corrected chi connectivity index (χ4v) is 14.5. The van der Waals surface area contributed by atoms with Crippen LogP contribution >= 0.6 is 0 Å². The maximum Gasteiger partial charge on any atom is 0.327 e. The van der Waals surface area contributed by atoms with Crippen LogP contribution in [0, 0.1) is 5.82 Å². The Morgan fingerprint density at radius 2 is 0.876 bits per heavy atom. The Balaban J connectivity index is 0.000000171. The van der Waals surface area contributed by atoms with Gasteiger partial charge in [-0.1, -0.05) is 68.4 Å². The van der Waals surface area contributed by atoms with E-state index in [2.05, 4.69) is 38.9 Å². The third kappa shape index (κ3) is 16.3. The number of aryl methyl sites for hydroxylation is 1. The second-order valence-corrected chi connectivity index (χ2v) is 29.8. The first kappa shape index (κ1) is 71.4. The Kier molecular flexibility index (Phi) is 22.1. The second-order valence-electron chi connectivity index (χ2n) is 23.3. The molecule has 6 aromatic carbocycles. The number of imidazole rings is 3. The number of halogens is 1. The van der Waals surface area contributed by atoms with Gasteiger partial charge in [0.15, 0.2) is 34.5 Å². The predicted octanol–water partition coefficient (Wildman–Crippen LogP) is 9.84. The van der Waals surface area contributed by atoms with Crippen LogP contribution in [0.2, 0.25) is 0 Å². The molecule has 0 unspecified atom stereocenters. The van der Waals surface area contributed by atoms with Crippen molar-refractivity contribution in [2.24, 2.45) is 7.05 Å². The van der Waals surface area contributed by atoms with E-state index in [0.717, 1.165) is 34.7 Å². The number of aromatic nitrogens is 9. The van der Waals surface area contributed by atoms with Gasteiger partial charge in [-0.25, -0.2) is 44.0 Å². The zero-order valence-corrected chi connectivity index (χ0v) is 58.2. The van der Waals surface area contributed by atoms with Crippen molar-refractivity contribution < 1.29 is 58.1 Å². The number of benzene rings is 6. The molecular formula is C69H78FN9O15S3. The van der Waals surface area contributed by atoms with Gasteiger partial charge in [0.1, 0.15) is 41.0 Å². The number of nitrogens with zero attached hydrogens (tertiary/aromatic N) is 6. The molecule has 0 bridgehead atoms. The van der Waals surface area contributed by atoms with E-state index in [1.54, 1.807) is 96.9 Å². The van der Waals surface area contributed by atoms with E-state index < -0.39 is 64.8 Å². The molecule has 0 aliphatic heterocycles. The van der Waals surface area contributed by atoms with Crippen LogP contribution in [0.4, 0.5) is 4.39 Å². The summed E-state index contributed by atoms with van der Waals surface area (Å²) in [6, 6.07) is 32.1. The molecule has 0 fully saturated rings. The number of H-pyrrole nitrogens is 3. The Morgan fingerprint density at radius 3 is 1.24 bits per heavy atom. The van der Waals surface area contributed by atoms with Crippen LogP contribution in [0.25, 0.3) is 55.5 Å². The van der Waals surface area contributed by atoms with Crippen LogP contribution in [-0.4, -0.2) is 146 Å². The molecule has 0 spiro atoms. The standard InChI is InChI=1S/C24H24FN3O5S.C23H26N4O5S.C22H28N2O5S/c1-4-33-21-13-15(10-11-20(21)32-2)19(14-34(3,30)31)28-18-9-5-7-16(23(18)27-24(28)29)22-17(25)8-6-12-26-22;1-5-32-21-11-15(9-10-20(21)31-3)19(14-33(4,29)30)27-18-8-6-7-17(22(18)25-23(27)28)16-12-24-26(2)13-16;1-6-29-20-12-15(10-11-19(20)28-4)18(13-30(5,26)27)24-17-9-7-8-16(14(2)3)21(17)23-22(24)25/h5-13,19H,4,14H2,1-3H3,(H,27,29);6-13,19H,5,14H2,1-4H3,(H,25,28);7-12,14,18H,6,13H2,1-5H3,(H,23,25)/t2*19-;18-/m000/s1. The Labute approximate surface area is 560 Å². The number of para-hydroxylation sites is 3. The molecule has 0 saturated heterocycles. The molecule has 5 aromatic heterocycles. The van der Waals surface area contributed by atoms with E-state index in [-0.39, 0.29) is 34.6 Å². The lowest BCUT2D eigenvalue weighted by Gasteiger charge is -2.20. The molecule has 97 heavy (non-hydrogen) atoms. The van der Waals surface area contributed by atoms with Crippen molar-refractivity contribution in [1.29, 1.82) is 0 Å². The van der Waals surface area contributed by atoms with Crippen molar-refractivity contribution in [3.05, 3.63) is 199 Å². The third-order valence-corrected chi connectivity index (χ3v) is 18.6. The SMILES string of the molecule is CCOc1cc([C@H](CS(C)(=O)=O)n2c(=O)[nH]c3c(-c4cnn(C)c4)cccc32)ccc1OC.CCOc1cc([C@H](CS(C)(=O)=O)n2c(=O)[nH]c3c(-c4ncccc4F)cccc32)ccc1OC.CCOc1cc([C@H](CS(C)(=O)=O)n2c(=O)[nH]c3c(C(C)C)cccc32)ccc1OC. The summed E-state index contributed by atoms with van der Waals surface area (Å²) in [6.07, 6.45) is 8.49. The van der Waals surface area contributed by atoms with E-state index in [4.69, 9.17) is 28.4 Å². The van der Waals surface area contributed by atoms with E-state index in [0.29, 0.717) is 104 Å². The normalized spacial score (nSPS) is 12.8. The number of methoxy groups -OCH3 is 3. The molecule has 24 nitrogen and oxygen atoms in total. The molecule has 0 aliphatic rings. The highest BCUT2D eigenvalue weighted by Gasteiger charge is 2.30. The van der Waals surface area contributed by atoms with Gasteiger partial charge in [0.2, 0.25) is 0 Å². The number of hydrogen-bond acceptors (Lipinski definition) is 17. The minimum atomic E-state index is -3.51. The van der Waals surface area contributed by atoms with Crippen LogP contribution < -0.4 is 45.5 Å². The summed E-state index contributed by atoms with van der Waals surface area (Å²) in [6.45, 7) is 10.9. The van der Waals surface area contributed by atoms with Crippen molar-refractivity contribution in [3.63, 3.8) is 0 Å². The van der Waals surface area contributed by atoms with E-state index in [1.165, 1.54) is 52.5 Å². The van der Waals surface area contributed by atoms with Gasteiger partial charge in [0.25, 0.3) is 0 Å². The highest BCUT2D eigenvalue weighted by molar-refractivity contribution is 7.91. The fourth-order valence-electron chi connectivity index (χ4n) is 11.8. The Hall–Kier alpha value is -9.93. The van der Waals surface area contributed by atoms with Gasteiger partial charge in [0.05, 0.1) is 116 Å². The number of pyridine rings is 1. The molecule has 0 aliphatic carbocycles. The summed E-state index contributed by atoms with van der Waals surface area (Å²) in [5, 5.41) is 4.22. The highest BCUT2D eigenvalue weighted by atomic mass is 32.2. The molecule has 0 radical (unpaired) electrons. The van der Waals surface area contributed by atoms with Gasteiger partial charge in [-0.15, -0.1) is 0 Å². The van der Waals surface area contributed by atoms with Gasteiger partial charge < -0.3 is 43.4 Å². The molecule has 11 rings (SSSR count). The largest absolute Gasteiger partial charge is 0.493 e. The number of fused-ring (bicyclic) bond motifs is 3. The Morgan fingerprint density at radius 1 is 0.495 bits per heavy atom. The van der Waals surface area contributed by atoms with Crippen molar-refractivity contribution in [1.82, 2.24) is 43.4 Å². The quantitative estimate of drug-likeness (QED) is 0.0507. The lowest BCUT2D eigenvalue weighted by molar-refractivity contribution is 0.310. The first-order chi connectivity index (χ1) is 46.1. The third-order valence-electron chi connectivity index (χ3n) is 15.9. The maximum atomic E-state index is 14.5.